The maximum atomic E-state index is 11.7. The van der Waals surface area contributed by atoms with Gasteiger partial charge in [-0.15, -0.1) is 0 Å². The molecule has 0 aliphatic carbocycles. The lowest BCUT2D eigenvalue weighted by molar-refractivity contribution is -0.117. The lowest BCUT2D eigenvalue weighted by Crippen LogP contribution is -2.36. The molecule has 7 nitrogen and oxygen atoms in total. The number of hydrogen-bond donors (Lipinski definition) is 3. The molecular weight excluding hydrogens is 248 g/mol. The molecule has 5 N–H and O–H groups in total. The van der Waals surface area contributed by atoms with Crippen LogP contribution in [0.3, 0.4) is 0 Å². The number of esters is 1. The fraction of sp³-hybridized carbons (Fsp3) is 0.417. The quantitative estimate of drug-likeness (QED) is 0.683. The van der Waals surface area contributed by atoms with E-state index in [1.54, 1.807) is 13.8 Å². The molecule has 0 aliphatic rings. The molecule has 0 aliphatic heterocycles. The number of aromatic nitrogens is 1. The molecule has 0 saturated heterocycles. The van der Waals surface area contributed by atoms with E-state index in [1.165, 1.54) is 19.5 Å². The first-order chi connectivity index (χ1) is 8.74. The number of methoxy groups -OCH3 is 1. The largest absolute Gasteiger partial charge is 0.465 e. The third-order valence-electron chi connectivity index (χ3n) is 2.28. The van der Waals surface area contributed by atoms with E-state index in [-0.39, 0.29) is 29.3 Å². The monoisotopic (exact) mass is 266 g/mol. The van der Waals surface area contributed by atoms with Crippen molar-refractivity contribution in [2.45, 2.75) is 25.8 Å². The van der Waals surface area contributed by atoms with Crippen LogP contribution in [0.4, 0.5) is 11.4 Å². The van der Waals surface area contributed by atoms with E-state index >= 15 is 0 Å². The van der Waals surface area contributed by atoms with Gasteiger partial charge in [-0.05, 0) is 13.8 Å². The van der Waals surface area contributed by atoms with Crippen LogP contribution in [0.2, 0.25) is 0 Å². The van der Waals surface area contributed by atoms with Gasteiger partial charge in [0.1, 0.15) is 5.56 Å². The summed E-state index contributed by atoms with van der Waals surface area (Å²) in [6, 6.07) is 0. The summed E-state index contributed by atoms with van der Waals surface area (Å²) in [6.45, 7) is 3.47. The second-order valence-electron chi connectivity index (χ2n) is 4.85. The van der Waals surface area contributed by atoms with Gasteiger partial charge in [0, 0.05) is 18.2 Å². The first-order valence-corrected chi connectivity index (χ1v) is 5.65. The molecule has 0 aromatic carbocycles. The molecule has 1 rings (SSSR count). The topological polar surface area (TPSA) is 120 Å². The molecule has 104 valence electrons. The van der Waals surface area contributed by atoms with E-state index in [0.717, 1.165) is 0 Å². The third kappa shape index (κ3) is 4.22. The molecule has 1 aromatic rings. The molecule has 19 heavy (non-hydrogen) atoms. The first-order valence-electron chi connectivity index (χ1n) is 5.65. The molecular formula is C12H18N4O3. The Balaban J connectivity index is 2.91. The second-order valence-corrected chi connectivity index (χ2v) is 4.85. The van der Waals surface area contributed by atoms with Gasteiger partial charge in [0.15, 0.2) is 0 Å². The van der Waals surface area contributed by atoms with Crippen molar-refractivity contribution in [3.63, 3.8) is 0 Å². The Morgan fingerprint density at radius 3 is 2.58 bits per heavy atom. The Morgan fingerprint density at radius 2 is 2.05 bits per heavy atom. The molecule has 7 heteroatoms. The molecule has 0 unspecified atom stereocenters. The van der Waals surface area contributed by atoms with Crippen molar-refractivity contribution in [1.29, 1.82) is 0 Å². The van der Waals surface area contributed by atoms with Crippen LogP contribution in [0.1, 0.15) is 30.6 Å². The van der Waals surface area contributed by atoms with Crippen LogP contribution in [0.25, 0.3) is 0 Å². The molecule has 0 bridgehead atoms. The number of carbonyl (C=O) groups excluding carboxylic acids is 2. The molecule has 0 spiro atoms. The molecule has 0 fully saturated rings. The summed E-state index contributed by atoms with van der Waals surface area (Å²) in [5.41, 5.74) is 11.4. The van der Waals surface area contributed by atoms with Gasteiger partial charge in [-0.2, -0.15) is 0 Å². The van der Waals surface area contributed by atoms with Gasteiger partial charge in [-0.3, -0.25) is 9.78 Å². The van der Waals surface area contributed by atoms with Crippen molar-refractivity contribution in [1.82, 2.24) is 4.98 Å². The maximum Gasteiger partial charge on any atom is 0.341 e. The minimum Gasteiger partial charge on any atom is -0.465 e. The molecule has 0 atom stereocenters. The smallest absolute Gasteiger partial charge is 0.341 e. The summed E-state index contributed by atoms with van der Waals surface area (Å²) in [4.78, 5) is 27.0. The predicted octanol–water partition coefficient (Wildman–Crippen LogP) is 0.516. The van der Waals surface area contributed by atoms with Gasteiger partial charge in [0.05, 0.1) is 24.7 Å². The van der Waals surface area contributed by atoms with Crippen molar-refractivity contribution < 1.29 is 14.3 Å². The van der Waals surface area contributed by atoms with Crippen LogP contribution >= 0.6 is 0 Å². The highest BCUT2D eigenvalue weighted by Gasteiger charge is 2.19. The second kappa shape index (κ2) is 5.66. The van der Waals surface area contributed by atoms with Crippen LogP contribution < -0.4 is 16.8 Å². The van der Waals surface area contributed by atoms with Gasteiger partial charge >= 0.3 is 5.97 Å². The zero-order chi connectivity index (χ0) is 14.6. The number of ether oxygens (including phenoxy) is 1. The first kappa shape index (κ1) is 14.9. The van der Waals surface area contributed by atoms with Gasteiger partial charge in [0.2, 0.25) is 5.91 Å². The highest BCUT2D eigenvalue weighted by atomic mass is 16.5. The van der Waals surface area contributed by atoms with Crippen molar-refractivity contribution in [2.24, 2.45) is 5.73 Å². The minimum atomic E-state index is -0.633. The van der Waals surface area contributed by atoms with Crippen LogP contribution in [-0.4, -0.2) is 29.5 Å². The molecule has 1 amide bonds. The van der Waals surface area contributed by atoms with Gasteiger partial charge in [-0.25, -0.2) is 4.79 Å². The highest BCUT2D eigenvalue weighted by Crippen LogP contribution is 2.22. The summed E-state index contributed by atoms with van der Waals surface area (Å²) in [5, 5.41) is 2.57. The van der Waals surface area contributed by atoms with E-state index in [4.69, 9.17) is 11.5 Å². The fourth-order valence-electron chi connectivity index (χ4n) is 1.45. The zero-order valence-corrected chi connectivity index (χ0v) is 11.2. The number of pyridine rings is 1. The summed E-state index contributed by atoms with van der Waals surface area (Å²) < 4.78 is 4.57. The van der Waals surface area contributed by atoms with E-state index in [1.807, 2.05) is 0 Å². The van der Waals surface area contributed by atoms with Gasteiger partial charge in [0.25, 0.3) is 0 Å². The Bertz CT molecular complexity index is 494. The Hall–Kier alpha value is -2.15. The standard InChI is InChI=1S/C12H18N4O3/c1-12(2,14)4-9(17)16-8-6-15-5-7(10(8)13)11(18)19-3/h5-6H,4,14H2,1-3H3,(H2,13,15)(H,16,17). The maximum absolute atomic E-state index is 11.7. The van der Waals surface area contributed by atoms with Crippen LogP contribution in [-0.2, 0) is 9.53 Å². The average Bonchev–Trinajstić information content (AvgIpc) is 2.28. The third-order valence-corrected chi connectivity index (χ3v) is 2.28. The number of anilines is 2. The number of amides is 1. The molecule has 1 aromatic heterocycles. The number of carbonyl (C=O) groups is 2. The van der Waals surface area contributed by atoms with E-state index in [9.17, 15) is 9.59 Å². The summed E-state index contributed by atoms with van der Waals surface area (Å²) in [7, 11) is 1.24. The molecule has 0 saturated carbocycles. The Labute approximate surface area is 111 Å². The van der Waals surface area contributed by atoms with Gasteiger partial charge in [-0.1, -0.05) is 0 Å². The van der Waals surface area contributed by atoms with Crippen molar-refractivity contribution in [3.8, 4) is 0 Å². The van der Waals surface area contributed by atoms with E-state index < -0.39 is 11.5 Å². The lowest BCUT2D eigenvalue weighted by Gasteiger charge is -2.18. The normalized spacial score (nSPS) is 10.9. The van der Waals surface area contributed by atoms with Gasteiger partial charge < -0.3 is 21.5 Å². The number of nitrogens with one attached hydrogen (secondary N) is 1. The molecule has 0 radical (unpaired) electrons. The number of nitrogen functional groups attached to an aromatic ring is 1. The summed E-state index contributed by atoms with van der Waals surface area (Å²) >= 11 is 0. The Kier molecular flexibility index (Phi) is 4.44. The lowest BCUT2D eigenvalue weighted by atomic mass is 10.0. The van der Waals surface area contributed by atoms with Crippen molar-refractivity contribution in [2.75, 3.05) is 18.2 Å². The van der Waals surface area contributed by atoms with Crippen LogP contribution in [0.15, 0.2) is 12.4 Å². The van der Waals surface area contributed by atoms with Crippen LogP contribution in [0.5, 0.6) is 0 Å². The number of nitrogens with two attached hydrogens (primary N) is 2. The average molecular weight is 266 g/mol. The number of hydrogen-bond acceptors (Lipinski definition) is 6. The van der Waals surface area contributed by atoms with Crippen molar-refractivity contribution in [3.05, 3.63) is 18.0 Å². The highest BCUT2D eigenvalue weighted by molar-refractivity contribution is 6.01. The zero-order valence-electron chi connectivity index (χ0n) is 11.2. The predicted molar refractivity (Wildman–Crippen MR) is 71.5 cm³/mol. The van der Waals surface area contributed by atoms with E-state index in [0.29, 0.717) is 0 Å². The Morgan fingerprint density at radius 1 is 1.42 bits per heavy atom. The summed E-state index contributed by atoms with van der Waals surface area (Å²) in [6.07, 6.45) is 2.77. The number of rotatable bonds is 4. The molecule has 1 heterocycles. The van der Waals surface area contributed by atoms with Crippen LogP contribution in [0, 0.1) is 0 Å². The number of nitrogens with zero attached hydrogens (tertiary/aromatic N) is 1. The summed E-state index contributed by atoms with van der Waals surface area (Å²) in [5.74, 6) is -0.914. The van der Waals surface area contributed by atoms with E-state index in [2.05, 4.69) is 15.0 Å². The minimum absolute atomic E-state index is 0.104. The fourth-order valence-corrected chi connectivity index (χ4v) is 1.45. The van der Waals surface area contributed by atoms with Crippen molar-refractivity contribution >= 4 is 23.3 Å². The SMILES string of the molecule is COC(=O)c1cncc(NC(=O)CC(C)(C)N)c1N.